The minimum Gasteiger partial charge on any atom is -0.458 e. The maximum Gasteiger partial charge on any atom is 0.306 e. The molecule has 8 heteroatoms. The molecule has 8 atom stereocenters. The number of carbonyl (C=O) groups is 4. The van der Waals surface area contributed by atoms with Gasteiger partial charge in [-0.25, -0.2) is 0 Å². The summed E-state index contributed by atoms with van der Waals surface area (Å²) in [6.45, 7) is 5.70. The van der Waals surface area contributed by atoms with Crippen LogP contribution in [0.3, 0.4) is 0 Å². The third-order valence-electron chi connectivity index (χ3n) is 10.0. The van der Waals surface area contributed by atoms with E-state index in [0.29, 0.717) is 25.7 Å². The number of epoxide rings is 1. The maximum absolute atomic E-state index is 14.8. The highest BCUT2D eigenvalue weighted by atomic mass is 19.1. The van der Waals surface area contributed by atoms with Gasteiger partial charge in [-0.15, -0.1) is 0 Å². The molecule has 0 bridgehead atoms. The highest BCUT2D eigenvalue weighted by Crippen LogP contribution is 2.77. The quantitative estimate of drug-likeness (QED) is 0.385. The van der Waals surface area contributed by atoms with E-state index in [4.69, 9.17) is 14.2 Å². The first kappa shape index (κ1) is 25.3. The number of allylic oxidation sites excluding steroid dienone is 2. The minimum atomic E-state index is -1.73. The molecule has 0 amide bonds. The molecular weight excluding hydrogens is 467 g/mol. The summed E-state index contributed by atoms with van der Waals surface area (Å²) < 4.78 is 32.4. The van der Waals surface area contributed by atoms with Crippen LogP contribution in [-0.2, 0) is 33.4 Å². The van der Waals surface area contributed by atoms with Crippen molar-refractivity contribution in [1.82, 2.24) is 0 Å². The zero-order chi connectivity index (χ0) is 26.1. The van der Waals surface area contributed by atoms with Gasteiger partial charge in [0.15, 0.2) is 18.0 Å². The lowest BCUT2D eigenvalue weighted by Crippen LogP contribution is -2.64. The fourth-order valence-corrected chi connectivity index (χ4v) is 8.48. The Kier molecular flexibility index (Phi) is 5.86. The summed E-state index contributed by atoms with van der Waals surface area (Å²) in [6, 6.07) is 0. The molecule has 0 unspecified atom stereocenters. The van der Waals surface area contributed by atoms with E-state index in [2.05, 4.69) is 6.92 Å². The zero-order valence-electron chi connectivity index (χ0n) is 21.4. The van der Waals surface area contributed by atoms with Gasteiger partial charge in [0.1, 0.15) is 5.60 Å². The molecule has 0 aromatic rings. The van der Waals surface area contributed by atoms with E-state index >= 15 is 0 Å². The normalized spacial score (nSPS) is 43.9. The Morgan fingerprint density at radius 2 is 1.97 bits per heavy atom. The summed E-state index contributed by atoms with van der Waals surface area (Å²) in [5.41, 5.74) is -2.54. The van der Waals surface area contributed by atoms with Gasteiger partial charge in [-0.2, -0.15) is 0 Å². The molecule has 1 aliphatic heterocycles. The van der Waals surface area contributed by atoms with Crippen molar-refractivity contribution in [1.29, 1.82) is 0 Å². The van der Waals surface area contributed by atoms with Gasteiger partial charge in [-0.1, -0.05) is 25.5 Å². The van der Waals surface area contributed by atoms with Crippen LogP contribution >= 0.6 is 0 Å². The Balaban J connectivity index is 1.58. The van der Waals surface area contributed by atoms with Crippen LogP contribution in [0.25, 0.3) is 0 Å². The summed E-state index contributed by atoms with van der Waals surface area (Å²) in [4.78, 5) is 50.4. The largest absolute Gasteiger partial charge is 0.458 e. The SMILES string of the molecule is CCCC(=O)O[C@]1(C(=O)COC(C)=O)[C@H](CF)C[C@H]2[C@@H]3CCC4=CC(=O)C=C[C@]4(C)[C@@]34O[C@H]4C[C@@]21C. The predicted molar refractivity (Wildman–Crippen MR) is 126 cm³/mol. The lowest BCUT2D eigenvalue weighted by molar-refractivity contribution is -0.196. The second-order valence-corrected chi connectivity index (χ2v) is 11.6. The Morgan fingerprint density at radius 1 is 1.22 bits per heavy atom. The van der Waals surface area contributed by atoms with Crippen LogP contribution in [0.1, 0.15) is 66.2 Å². The molecule has 1 heterocycles. The number of esters is 2. The Labute approximate surface area is 210 Å². The molecule has 36 heavy (non-hydrogen) atoms. The van der Waals surface area contributed by atoms with Crippen LogP contribution in [0.4, 0.5) is 4.39 Å². The van der Waals surface area contributed by atoms with Crippen LogP contribution in [0.2, 0.25) is 0 Å². The van der Waals surface area contributed by atoms with E-state index < -0.39 is 59.0 Å². The van der Waals surface area contributed by atoms with Crippen LogP contribution in [0, 0.1) is 28.6 Å². The molecular formula is C28H35FO7. The topological polar surface area (TPSA) is 99.3 Å². The average molecular weight is 503 g/mol. The van der Waals surface area contributed by atoms with Crippen LogP contribution in [0.5, 0.6) is 0 Å². The summed E-state index contributed by atoms with van der Waals surface area (Å²) in [6.07, 6.45) is 7.95. The predicted octanol–water partition coefficient (Wildman–Crippen LogP) is 3.84. The van der Waals surface area contributed by atoms with Gasteiger partial charge < -0.3 is 14.2 Å². The van der Waals surface area contributed by atoms with Crippen LogP contribution < -0.4 is 0 Å². The zero-order valence-corrected chi connectivity index (χ0v) is 21.4. The Bertz CT molecular complexity index is 1080. The highest BCUT2D eigenvalue weighted by molar-refractivity contribution is 6.01. The third-order valence-corrected chi connectivity index (χ3v) is 10.0. The van der Waals surface area contributed by atoms with Crippen molar-refractivity contribution < 1.29 is 37.8 Å². The Morgan fingerprint density at radius 3 is 2.64 bits per heavy atom. The molecule has 4 aliphatic carbocycles. The second kappa shape index (κ2) is 8.33. The molecule has 5 aliphatic rings. The fourth-order valence-electron chi connectivity index (χ4n) is 8.48. The first-order valence-electron chi connectivity index (χ1n) is 13.1. The van der Waals surface area contributed by atoms with Crippen molar-refractivity contribution in [3.63, 3.8) is 0 Å². The van der Waals surface area contributed by atoms with Gasteiger partial charge in [0.05, 0.1) is 12.8 Å². The molecule has 0 aromatic carbocycles. The molecule has 1 spiro atoms. The lowest BCUT2D eigenvalue weighted by atomic mass is 9.46. The number of hydrogen-bond acceptors (Lipinski definition) is 7. The number of carbonyl (C=O) groups excluding carboxylic acids is 4. The van der Waals surface area contributed by atoms with Crippen LogP contribution in [-0.4, -0.2) is 54.1 Å². The number of rotatable bonds is 7. The highest BCUT2D eigenvalue weighted by Gasteiger charge is 2.83. The number of ketones is 2. The summed E-state index contributed by atoms with van der Waals surface area (Å²) >= 11 is 0. The lowest BCUT2D eigenvalue weighted by Gasteiger charge is -2.56. The summed E-state index contributed by atoms with van der Waals surface area (Å²) in [5, 5.41) is 0. The van der Waals surface area contributed by atoms with E-state index in [0.717, 1.165) is 12.0 Å². The molecule has 3 saturated carbocycles. The number of alkyl halides is 1. The van der Waals surface area contributed by atoms with Gasteiger partial charge >= 0.3 is 11.9 Å². The van der Waals surface area contributed by atoms with Crippen molar-refractivity contribution >= 4 is 23.5 Å². The number of ether oxygens (including phenoxy) is 3. The molecule has 4 fully saturated rings. The van der Waals surface area contributed by atoms with Gasteiger partial charge in [0.25, 0.3) is 0 Å². The van der Waals surface area contributed by atoms with Crippen molar-refractivity contribution in [2.24, 2.45) is 28.6 Å². The molecule has 7 nitrogen and oxygen atoms in total. The maximum atomic E-state index is 14.8. The smallest absolute Gasteiger partial charge is 0.306 e. The van der Waals surface area contributed by atoms with E-state index in [1.54, 1.807) is 12.2 Å². The van der Waals surface area contributed by atoms with Crippen molar-refractivity contribution in [3.05, 3.63) is 23.8 Å². The molecule has 0 radical (unpaired) electrons. The monoisotopic (exact) mass is 502 g/mol. The number of Topliss-reactive ketones (excluding diaryl/α,β-unsaturated/α-hetero) is 1. The van der Waals surface area contributed by atoms with Crippen molar-refractivity contribution in [2.75, 3.05) is 13.3 Å². The van der Waals surface area contributed by atoms with E-state index in [-0.39, 0.29) is 30.1 Å². The van der Waals surface area contributed by atoms with Gasteiger partial charge in [-0.05, 0) is 63.0 Å². The van der Waals surface area contributed by atoms with Crippen molar-refractivity contribution in [3.8, 4) is 0 Å². The van der Waals surface area contributed by atoms with Gasteiger partial charge in [0.2, 0.25) is 5.78 Å². The summed E-state index contributed by atoms with van der Waals surface area (Å²) in [5.74, 6) is -2.72. The van der Waals surface area contributed by atoms with Crippen LogP contribution in [0.15, 0.2) is 23.8 Å². The van der Waals surface area contributed by atoms with Gasteiger partial charge in [-0.3, -0.25) is 23.6 Å². The first-order valence-corrected chi connectivity index (χ1v) is 13.1. The second-order valence-electron chi connectivity index (χ2n) is 11.6. The average Bonchev–Trinajstić information content (AvgIpc) is 3.48. The number of hydrogen-bond donors (Lipinski definition) is 0. The number of halogens is 1. The van der Waals surface area contributed by atoms with E-state index in [1.807, 2.05) is 19.9 Å². The van der Waals surface area contributed by atoms with E-state index in [1.165, 1.54) is 6.92 Å². The molecule has 1 saturated heterocycles. The van der Waals surface area contributed by atoms with E-state index in [9.17, 15) is 23.6 Å². The van der Waals surface area contributed by atoms with Gasteiger partial charge in [0, 0.05) is 30.1 Å². The molecule has 5 rings (SSSR count). The Hall–Kier alpha value is -2.35. The summed E-state index contributed by atoms with van der Waals surface area (Å²) in [7, 11) is 0. The molecule has 0 N–H and O–H groups in total. The van der Waals surface area contributed by atoms with Crippen molar-refractivity contribution in [2.45, 2.75) is 83.5 Å². The minimum absolute atomic E-state index is 0.00331. The first-order chi connectivity index (χ1) is 17.0. The molecule has 0 aromatic heterocycles. The molecule has 196 valence electrons. The third kappa shape index (κ3) is 3.12. The standard InChI is InChI=1S/C28H35FO7/c1-5-6-24(33)36-27(22(32)15-34-16(2)30)18(14-29)12-21-20-8-7-17-11-19(31)9-10-25(17,3)28(20)23(35-28)13-26(21,27)4/h9-11,18,20-21,23H,5-8,12-15H2,1-4H3/t18-,20-,21-,23-,25-,26-,27-,28+/m0/s1. The number of fused-ring (bicyclic) bond motifs is 3. The fraction of sp³-hybridized carbons (Fsp3) is 0.714.